The second-order valence-electron chi connectivity index (χ2n) is 6.38. The average Bonchev–Trinajstić information content (AvgIpc) is 2.82. The van der Waals surface area contributed by atoms with Gasteiger partial charge in [0.1, 0.15) is 11.6 Å². The van der Waals surface area contributed by atoms with Crippen molar-refractivity contribution < 1.29 is 9.90 Å². The second-order valence-corrected chi connectivity index (χ2v) is 7.38. The van der Waals surface area contributed by atoms with Crippen LogP contribution in [0.25, 0.3) is 0 Å². The maximum Gasteiger partial charge on any atom is 0.168 e. The van der Waals surface area contributed by atoms with Crippen molar-refractivity contribution >= 4 is 28.7 Å². The first kappa shape index (κ1) is 16.4. The first-order valence-corrected chi connectivity index (χ1v) is 7.96. The summed E-state index contributed by atoms with van der Waals surface area (Å²) in [5.74, 6) is 0.122. The standard InChI is InChI=1S/C16H21N3O2S/c1-9(14-12(20)5-16(2,3)6-13(14)21)19-7-11-4-10(8-22-11)15(17)18/h4,8,20H,5-7H2,1-3H3,(H3,17,18). The Balaban J connectivity index is 2.18. The number of carbonyl (C=O) groups excluding carboxylic acids is 1. The van der Waals surface area contributed by atoms with E-state index in [-0.39, 0.29) is 22.8 Å². The molecule has 0 bridgehead atoms. The number of thiophene rings is 1. The average molecular weight is 319 g/mol. The summed E-state index contributed by atoms with van der Waals surface area (Å²) in [6, 6.07) is 1.82. The summed E-state index contributed by atoms with van der Waals surface area (Å²) in [6.07, 6.45) is 0.918. The quantitative estimate of drug-likeness (QED) is 0.587. The van der Waals surface area contributed by atoms with Gasteiger partial charge in [-0.1, -0.05) is 13.8 Å². The van der Waals surface area contributed by atoms with E-state index in [2.05, 4.69) is 4.99 Å². The van der Waals surface area contributed by atoms with Crippen LogP contribution in [0.3, 0.4) is 0 Å². The van der Waals surface area contributed by atoms with E-state index >= 15 is 0 Å². The number of amidine groups is 1. The Morgan fingerprint density at radius 3 is 2.73 bits per heavy atom. The Morgan fingerprint density at radius 1 is 1.50 bits per heavy atom. The van der Waals surface area contributed by atoms with Gasteiger partial charge in [-0.05, 0) is 18.4 Å². The molecule has 0 spiro atoms. The Labute approximate surface area is 134 Å². The van der Waals surface area contributed by atoms with Crippen molar-refractivity contribution in [3.8, 4) is 0 Å². The lowest BCUT2D eigenvalue weighted by atomic mass is 9.76. The molecule has 0 fully saturated rings. The Morgan fingerprint density at radius 2 is 2.18 bits per heavy atom. The number of Topliss-reactive ketones (excluding diaryl/α,β-unsaturated/α-hetero) is 1. The predicted molar refractivity (Wildman–Crippen MR) is 89.8 cm³/mol. The molecule has 0 atom stereocenters. The molecule has 0 saturated carbocycles. The fourth-order valence-corrected chi connectivity index (χ4v) is 3.39. The van der Waals surface area contributed by atoms with Crippen molar-refractivity contribution in [2.75, 3.05) is 0 Å². The molecule has 0 aromatic carbocycles. The molecule has 4 N–H and O–H groups in total. The molecule has 1 heterocycles. The van der Waals surface area contributed by atoms with Crippen LogP contribution < -0.4 is 5.73 Å². The van der Waals surface area contributed by atoms with Crippen LogP contribution in [0.5, 0.6) is 0 Å². The van der Waals surface area contributed by atoms with Crippen LogP contribution in [-0.4, -0.2) is 22.4 Å². The number of ketones is 1. The molecule has 22 heavy (non-hydrogen) atoms. The van der Waals surface area contributed by atoms with Crippen molar-refractivity contribution in [3.63, 3.8) is 0 Å². The Bertz CT molecular complexity index is 683. The van der Waals surface area contributed by atoms with E-state index in [0.717, 1.165) is 4.88 Å². The maximum absolute atomic E-state index is 12.2. The zero-order valence-electron chi connectivity index (χ0n) is 13.1. The van der Waals surface area contributed by atoms with E-state index in [1.54, 1.807) is 6.92 Å². The van der Waals surface area contributed by atoms with Crippen molar-refractivity contribution in [2.45, 2.75) is 40.2 Å². The zero-order chi connectivity index (χ0) is 16.5. The molecule has 2 rings (SSSR count). The first-order chi connectivity index (χ1) is 10.2. The highest BCUT2D eigenvalue weighted by Crippen LogP contribution is 2.36. The van der Waals surface area contributed by atoms with Crippen LogP contribution in [0.1, 0.15) is 44.1 Å². The van der Waals surface area contributed by atoms with Crippen molar-refractivity contribution in [1.29, 1.82) is 5.41 Å². The summed E-state index contributed by atoms with van der Waals surface area (Å²) in [5.41, 5.74) is 6.85. The lowest BCUT2D eigenvalue weighted by molar-refractivity contribution is -0.117. The summed E-state index contributed by atoms with van der Waals surface area (Å²) >= 11 is 1.48. The summed E-state index contributed by atoms with van der Waals surface area (Å²) in [6.45, 7) is 6.11. The van der Waals surface area contributed by atoms with Gasteiger partial charge in [-0.25, -0.2) is 0 Å². The largest absolute Gasteiger partial charge is 0.511 e. The number of nitrogens with one attached hydrogen (secondary N) is 1. The summed E-state index contributed by atoms with van der Waals surface area (Å²) in [7, 11) is 0. The van der Waals surface area contributed by atoms with Gasteiger partial charge in [-0.15, -0.1) is 11.3 Å². The van der Waals surface area contributed by atoms with Gasteiger partial charge in [0.25, 0.3) is 0 Å². The van der Waals surface area contributed by atoms with Gasteiger partial charge in [-0.3, -0.25) is 15.2 Å². The minimum absolute atomic E-state index is 0.0354. The highest BCUT2D eigenvalue weighted by atomic mass is 32.1. The highest BCUT2D eigenvalue weighted by Gasteiger charge is 2.33. The first-order valence-electron chi connectivity index (χ1n) is 7.08. The maximum atomic E-state index is 12.2. The number of allylic oxidation sites excluding steroid dienone is 2. The molecule has 0 saturated heterocycles. The number of aliphatic imine (C=N–C) groups is 1. The molecule has 1 aliphatic carbocycles. The number of nitrogen functional groups attached to an aromatic ring is 1. The molecule has 1 aliphatic rings. The normalized spacial score (nSPS) is 18.7. The fourth-order valence-electron chi connectivity index (χ4n) is 2.58. The van der Waals surface area contributed by atoms with E-state index in [0.29, 0.717) is 36.2 Å². The fraction of sp³-hybridized carbons (Fsp3) is 0.438. The van der Waals surface area contributed by atoms with Crippen LogP contribution in [0.15, 0.2) is 27.8 Å². The molecule has 1 aromatic heterocycles. The van der Waals surface area contributed by atoms with E-state index in [1.807, 2.05) is 25.3 Å². The van der Waals surface area contributed by atoms with E-state index in [9.17, 15) is 9.90 Å². The van der Waals surface area contributed by atoms with Crippen LogP contribution in [-0.2, 0) is 11.3 Å². The number of aliphatic hydroxyl groups is 1. The zero-order valence-corrected chi connectivity index (χ0v) is 13.9. The van der Waals surface area contributed by atoms with Crippen LogP contribution in [0.4, 0.5) is 0 Å². The van der Waals surface area contributed by atoms with Crippen molar-refractivity contribution in [2.24, 2.45) is 16.1 Å². The second kappa shape index (κ2) is 6.04. The van der Waals surface area contributed by atoms with E-state index in [1.165, 1.54) is 11.3 Å². The number of nitrogens with zero attached hydrogens (tertiary/aromatic N) is 1. The van der Waals surface area contributed by atoms with Gasteiger partial charge in [-0.2, -0.15) is 0 Å². The molecule has 0 radical (unpaired) electrons. The molecular formula is C16H21N3O2S. The van der Waals surface area contributed by atoms with Gasteiger partial charge in [0.15, 0.2) is 5.78 Å². The van der Waals surface area contributed by atoms with Crippen molar-refractivity contribution in [1.82, 2.24) is 0 Å². The van der Waals surface area contributed by atoms with Gasteiger partial charge < -0.3 is 10.8 Å². The Kier molecular flexibility index (Phi) is 4.51. The minimum atomic E-state index is -0.199. The predicted octanol–water partition coefficient (Wildman–Crippen LogP) is 3.19. The molecule has 118 valence electrons. The molecule has 1 aromatic rings. The molecule has 0 amide bonds. The number of hydrogen-bond donors (Lipinski definition) is 3. The smallest absolute Gasteiger partial charge is 0.168 e. The topological polar surface area (TPSA) is 99.5 Å². The number of carbonyl (C=O) groups is 1. The van der Waals surface area contributed by atoms with Crippen molar-refractivity contribution in [3.05, 3.63) is 33.2 Å². The van der Waals surface area contributed by atoms with Crippen LogP contribution in [0, 0.1) is 10.8 Å². The van der Waals surface area contributed by atoms with Gasteiger partial charge >= 0.3 is 0 Å². The molecule has 6 heteroatoms. The Hall–Kier alpha value is -1.95. The molecule has 0 unspecified atom stereocenters. The third-order valence-corrected chi connectivity index (χ3v) is 4.57. The van der Waals surface area contributed by atoms with Crippen LogP contribution >= 0.6 is 11.3 Å². The minimum Gasteiger partial charge on any atom is -0.511 e. The third-order valence-electron chi connectivity index (χ3n) is 3.65. The number of aliphatic hydroxyl groups excluding tert-OH is 1. The monoisotopic (exact) mass is 319 g/mol. The lowest BCUT2D eigenvalue weighted by Crippen LogP contribution is -2.28. The van der Waals surface area contributed by atoms with E-state index < -0.39 is 0 Å². The lowest BCUT2D eigenvalue weighted by Gasteiger charge is -2.29. The number of hydrogen-bond acceptors (Lipinski definition) is 5. The summed E-state index contributed by atoms with van der Waals surface area (Å²) in [5, 5.41) is 19.3. The van der Waals surface area contributed by atoms with E-state index in [4.69, 9.17) is 11.1 Å². The summed E-state index contributed by atoms with van der Waals surface area (Å²) in [4.78, 5) is 17.6. The molecular weight excluding hydrogens is 298 g/mol. The van der Waals surface area contributed by atoms with Gasteiger partial charge in [0, 0.05) is 34.4 Å². The molecule has 5 nitrogen and oxygen atoms in total. The summed E-state index contributed by atoms with van der Waals surface area (Å²) < 4.78 is 0. The highest BCUT2D eigenvalue weighted by molar-refractivity contribution is 7.10. The molecule has 0 aliphatic heterocycles. The third kappa shape index (κ3) is 3.62. The number of rotatable bonds is 4. The van der Waals surface area contributed by atoms with Crippen LogP contribution in [0.2, 0.25) is 0 Å². The SMILES string of the molecule is CC(=NCc1cc(C(=N)N)cs1)C1=C(O)CC(C)(C)CC1=O. The number of nitrogens with two attached hydrogens (primary N) is 1. The van der Waals surface area contributed by atoms with Gasteiger partial charge in [0.05, 0.1) is 12.1 Å². The van der Waals surface area contributed by atoms with Gasteiger partial charge in [0.2, 0.25) is 0 Å².